The smallest absolute Gasteiger partial charge is 0.260 e. The van der Waals surface area contributed by atoms with E-state index in [4.69, 9.17) is 4.74 Å². The molecule has 5 heteroatoms. The number of rotatable bonds is 5. The lowest BCUT2D eigenvalue weighted by molar-refractivity contribution is -0.132. The van der Waals surface area contributed by atoms with E-state index in [1.54, 1.807) is 11.9 Å². The summed E-state index contributed by atoms with van der Waals surface area (Å²) < 4.78 is 18.4. The largest absolute Gasteiger partial charge is 0.483 e. The number of nitrogens with zero attached hydrogens (tertiary/aromatic N) is 1. The summed E-state index contributed by atoms with van der Waals surface area (Å²) in [6.07, 6.45) is 2.05. The molecule has 4 nitrogen and oxygen atoms in total. The van der Waals surface area contributed by atoms with Crippen molar-refractivity contribution in [3.63, 3.8) is 0 Å². The molecule has 0 atom stereocenters. The first kappa shape index (κ1) is 13.5. The van der Waals surface area contributed by atoms with Crippen LogP contribution in [0.15, 0.2) is 18.2 Å². The number of hydrogen-bond acceptors (Lipinski definition) is 3. The van der Waals surface area contributed by atoms with E-state index < -0.39 is 5.82 Å². The van der Waals surface area contributed by atoms with Crippen LogP contribution in [0.2, 0.25) is 0 Å². The van der Waals surface area contributed by atoms with Gasteiger partial charge in [-0.2, -0.15) is 0 Å². The topological polar surface area (TPSA) is 46.6 Å². The monoisotopic (exact) mass is 265 g/mol. The average molecular weight is 265 g/mol. The van der Waals surface area contributed by atoms with Gasteiger partial charge in [-0.1, -0.05) is 0 Å². The normalized spacial score (nSPS) is 14.1. The van der Waals surface area contributed by atoms with Crippen LogP contribution >= 0.6 is 0 Å². The third-order valence-electron chi connectivity index (χ3n) is 3.16. The molecule has 1 aromatic carbocycles. The summed E-state index contributed by atoms with van der Waals surface area (Å²) in [6, 6.07) is 4.01. The maximum absolute atomic E-state index is 13.1. The highest BCUT2D eigenvalue weighted by molar-refractivity contribution is 5.96. The van der Waals surface area contributed by atoms with Gasteiger partial charge < -0.3 is 9.64 Å². The van der Waals surface area contributed by atoms with Crippen LogP contribution in [0.25, 0.3) is 0 Å². The van der Waals surface area contributed by atoms with E-state index in [2.05, 4.69) is 0 Å². The van der Waals surface area contributed by atoms with Gasteiger partial charge >= 0.3 is 0 Å². The zero-order chi connectivity index (χ0) is 14.0. The second-order valence-corrected chi connectivity index (χ2v) is 4.72. The van der Waals surface area contributed by atoms with Gasteiger partial charge in [-0.15, -0.1) is 0 Å². The molecule has 0 unspecified atom stereocenters. The van der Waals surface area contributed by atoms with E-state index in [1.165, 1.54) is 19.1 Å². The molecule has 0 heterocycles. The summed E-state index contributed by atoms with van der Waals surface area (Å²) in [5, 5.41) is 0. The van der Waals surface area contributed by atoms with Crippen LogP contribution in [-0.2, 0) is 4.79 Å². The van der Waals surface area contributed by atoms with Crippen molar-refractivity contribution in [3.8, 4) is 5.75 Å². The van der Waals surface area contributed by atoms with Gasteiger partial charge in [0.25, 0.3) is 5.91 Å². The predicted molar refractivity (Wildman–Crippen MR) is 67.7 cm³/mol. The van der Waals surface area contributed by atoms with Crippen LogP contribution in [0, 0.1) is 5.82 Å². The Morgan fingerprint density at radius 1 is 1.42 bits per heavy atom. The first-order valence-electron chi connectivity index (χ1n) is 6.18. The molecule has 1 aromatic rings. The predicted octanol–water partition coefficient (Wildman–Crippen LogP) is 2.03. The zero-order valence-corrected chi connectivity index (χ0v) is 11.0. The van der Waals surface area contributed by atoms with Crippen LogP contribution < -0.4 is 4.74 Å². The maximum Gasteiger partial charge on any atom is 0.260 e. The lowest BCUT2D eigenvalue weighted by atomic mass is 10.1. The number of halogens is 1. The lowest BCUT2D eigenvalue weighted by Crippen LogP contribution is -2.33. The summed E-state index contributed by atoms with van der Waals surface area (Å²) in [4.78, 5) is 24.8. The summed E-state index contributed by atoms with van der Waals surface area (Å²) >= 11 is 0. The maximum atomic E-state index is 13.1. The zero-order valence-electron chi connectivity index (χ0n) is 11.0. The highest BCUT2D eigenvalue weighted by Gasteiger charge is 2.29. The number of benzene rings is 1. The number of ether oxygens (including phenoxy) is 1. The Kier molecular flexibility index (Phi) is 3.83. The van der Waals surface area contributed by atoms with Crippen LogP contribution in [-0.4, -0.2) is 36.3 Å². The molecule has 0 radical (unpaired) electrons. The first-order chi connectivity index (χ1) is 8.99. The van der Waals surface area contributed by atoms with Gasteiger partial charge in [0.05, 0.1) is 5.56 Å². The van der Waals surface area contributed by atoms with Gasteiger partial charge in [-0.05, 0) is 38.0 Å². The number of likely N-dealkylation sites (N-methyl/N-ethyl adjacent to an activating group) is 1. The van der Waals surface area contributed by atoms with Crippen molar-refractivity contribution >= 4 is 11.7 Å². The molecule has 0 spiro atoms. The molecule has 1 fully saturated rings. The average Bonchev–Trinajstić information content (AvgIpc) is 3.20. The standard InChI is InChI=1S/C14H16FNO3/c1-9(17)12-7-10(15)3-6-13(12)19-8-14(18)16(2)11-4-5-11/h3,6-7,11H,4-5,8H2,1-2H3. The molecule has 1 saturated carbocycles. The van der Waals surface area contributed by atoms with Crippen LogP contribution in [0.5, 0.6) is 5.75 Å². The SMILES string of the molecule is CC(=O)c1cc(F)ccc1OCC(=O)N(C)C1CC1. The van der Waals surface area contributed by atoms with Crippen molar-refractivity contribution in [2.45, 2.75) is 25.8 Å². The summed E-state index contributed by atoms with van der Waals surface area (Å²) in [7, 11) is 1.74. The molecule has 0 aliphatic heterocycles. The molecule has 1 amide bonds. The minimum absolute atomic E-state index is 0.138. The van der Waals surface area contributed by atoms with Gasteiger partial charge in [0.1, 0.15) is 11.6 Å². The third kappa shape index (κ3) is 3.30. The molecule has 0 bridgehead atoms. The Hall–Kier alpha value is -1.91. The number of carbonyl (C=O) groups is 2. The molecule has 1 aliphatic rings. The number of ketones is 1. The number of Topliss-reactive ketones (excluding diaryl/α,β-unsaturated/α-hetero) is 1. The van der Waals surface area contributed by atoms with Crippen molar-refractivity contribution in [1.82, 2.24) is 4.90 Å². The molecular formula is C14H16FNO3. The number of carbonyl (C=O) groups excluding carboxylic acids is 2. The van der Waals surface area contributed by atoms with E-state index in [1.807, 2.05) is 0 Å². The van der Waals surface area contributed by atoms with E-state index in [0.29, 0.717) is 6.04 Å². The molecular weight excluding hydrogens is 249 g/mol. The number of amides is 1. The van der Waals surface area contributed by atoms with Crippen molar-refractivity contribution < 1.29 is 18.7 Å². The summed E-state index contributed by atoms with van der Waals surface area (Å²) in [6.45, 7) is 1.19. The Balaban J connectivity index is 2.02. The Morgan fingerprint density at radius 3 is 2.68 bits per heavy atom. The number of hydrogen-bond donors (Lipinski definition) is 0. The summed E-state index contributed by atoms with van der Waals surface area (Å²) in [5.41, 5.74) is 0.155. The summed E-state index contributed by atoms with van der Waals surface area (Å²) in [5.74, 6) is -0.691. The van der Waals surface area contributed by atoms with Gasteiger partial charge in [0.15, 0.2) is 12.4 Å². The quantitative estimate of drug-likeness (QED) is 0.765. The van der Waals surface area contributed by atoms with Crippen molar-refractivity contribution in [2.24, 2.45) is 0 Å². The van der Waals surface area contributed by atoms with Gasteiger partial charge in [0.2, 0.25) is 0 Å². The fourth-order valence-electron chi connectivity index (χ4n) is 1.81. The molecule has 2 rings (SSSR count). The van der Waals surface area contributed by atoms with E-state index >= 15 is 0 Å². The van der Waals surface area contributed by atoms with Crippen molar-refractivity contribution in [1.29, 1.82) is 0 Å². The van der Waals surface area contributed by atoms with Crippen molar-refractivity contribution in [2.75, 3.05) is 13.7 Å². The highest BCUT2D eigenvalue weighted by atomic mass is 19.1. The minimum atomic E-state index is -0.501. The van der Waals surface area contributed by atoms with E-state index in [0.717, 1.165) is 18.9 Å². The van der Waals surface area contributed by atoms with E-state index in [-0.39, 0.29) is 29.6 Å². The Morgan fingerprint density at radius 2 is 2.11 bits per heavy atom. The molecule has 19 heavy (non-hydrogen) atoms. The first-order valence-corrected chi connectivity index (χ1v) is 6.18. The second kappa shape index (κ2) is 5.38. The molecule has 0 saturated heterocycles. The highest BCUT2D eigenvalue weighted by Crippen LogP contribution is 2.26. The molecule has 0 N–H and O–H groups in total. The van der Waals surface area contributed by atoms with Crippen LogP contribution in [0.1, 0.15) is 30.1 Å². The van der Waals surface area contributed by atoms with Gasteiger partial charge in [-0.25, -0.2) is 4.39 Å². The molecule has 1 aliphatic carbocycles. The van der Waals surface area contributed by atoms with Gasteiger partial charge in [0, 0.05) is 13.1 Å². The van der Waals surface area contributed by atoms with Crippen molar-refractivity contribution in [3.05, 3.63) is 29.6 Å². The van der Waals surface area contributed by atoms with Crippen LogP contribution in [0.4, 0.5) is 4.39 Å². The minimum Gasteiger partial charge on any atom is -0.483 e. The Bertz CT molecular complexity index is 511. The fraction of sp³-hybridized carbons (Fsp3) is 0.429. The van der Waals surface area contributed by atoms with Gasteiger partial charge in [-0.3, -0.25) is 9.59 Å². The van der Waals surface area contributed by atoms with E-state index in [9.17, 15) is 14.0 Å². The second-order valence-electron chi connectivity index (χ2n) is 4.72. The van der Waals surface area contributed by atoms with Crippen LogP contribution in [0.3, 0.4) is 0 Å². The lowest BCUT2D eigenvalue weighted by Gasteiger charge is -2.17. The molecule has 102 valence electrons. The third-order valence-corrected chi connectivity index (χ3v) is 3.16. The fourth-order valence-corrected chi connectivity index (χ4v) is 1.81. The Labute approximate surface area is 111 Å². The molecule has 0 aromatic heterocycles.